The van der Waals surface area contributed by atoms with Crippen molar-refractivity contribution in [3.8, 4) is 10.7 Å². The average molecular weight is 394 g/mol. The Balaban J connectivity index is 1.67. The number of nitrogens with one attached hydrogen (secondary N) is 2. The first-order chi connectivity index (χ1) is 12.5. The predicted octanol–water partition coefficient (Wildman–Crippen LogP) is 2.32. The molecule has 0 unspecified atom stereocenters. The fraction of sp³-hybridized carbons (Fsp3) is 0.529. The van der Waals surface area contributed by atoms with E-state index in [1.807, 2.05) is 11.6 Å². The second-order valence-electron chi connectivity index (χ2n) is 6.46. The fourth-order valence-corrected chi connectivity index (χ4v) is 4.98. The maximum atomic E-state index is 11.7. The number of carbonyl (C=O) groups is 2. The molecule has 2 aromatic heterocycles. The first-order valence-electron chi connectivity index (χ1n) is 8.67. The van der Waals surface area contributed by atoms with Gasteiger partial charge in [-0.2, -0.15) is 0 Å². The van der Waals surface area contributed by atoms with E-state index in [0.29, 0.717) is 5.16 Å². The van der Waals surface area contributed by atoms with Gasteiger partial charge >= 0.3 is 0 Å². The highest BCUT2D eigenvalue weighted by atomic mass is 32.2. The molecule has 2 N–H and O–H groups in total. The molecule has 140 valence electrons. The van der Waals surface area contributed by atoms with Crippen LogP contribution in [0.1, 0.15) is 37.1 Å². The molecule has 26 heavy (non-hydrogen) atoms. The molecule has 3 rings (SSSR count). The molecular formula is C17H23N5O2S2. The quantitative estimate of drug-likeness (QED) is 0.601. The van der Waals surface area contributed by atoms with Gasteiger partial charge < -0.3 is 4.57 Å². The minimum Gasteiger partial charge on any atom is -0.304 e. The van der Waals surface area contributed by atoms with Crippen molar-refractivity contribution in [3.63, 3.8) is 0 Å². The zero-order valence-electron chi connectivity index (χ0n) is 15.2. The van der Waals surface area contributed by atoms with Crippen LogP contribution in [0.4, 0.5) is 0 Å². The van der Waals surface area contributed by atoms with Crippen molar-refractivity contribution in [1.82, 2.24) is 25.6 Å². The molecule has 0 aromatic carbocycles. The van der Waals surface area contributed by atoms with Crippen molar-refractivity contribution in [2.45, 2.75) is 44.7 Å². The molecule has 2 heterocycles. The van der Waals surface area contributed by atoms with Crippen molar-refractivity contribution in [2.24, 2.45) is 13.0 Å². The van der Waals surface area contributed by atoms with Crippen LogP contribution in [0.15, 0.2) is 11.2 Å². The van der Waals surface area contributed by atoms with Crippen LogP contribution in [0, 0.1) is 5.92 Å². The van der Waals surface area contributed by atoms with Gasteiger partial charge in [0.15, 0.2) is 11.0 Å². The number of aryl methyl sites for hydroxylation is 1. The molecule has 2 amide bonds. The maximum absolute atomic E-state index is 11.7. The number of hydrogen-bond donors (Lipinski definition) is 2. The molecule has 0 aliphatic heterocycles. The Bertz CT molecular complexity index is 814. The number of rotatable bonds is 5. The van der Waals surface area contributed by atoms with Gasteiger partial charge in [0.2, 0.25) is 11.8 Å². The lowest BCUT2D eigenvalue weighted by Gasteiger charge is -2.19. The largest absolute Gasteiger partial charge is 0.304 e. The topological polar surface area (TPSA) is 88.9 Å². The molecule has 1 aliphatic carbocycles. The molecule has 1 atom stereocenters. The summed E-state index contributed by atoms with van der Waals surface area (Å²) in [7, 11) is 1.91. The number of thiophene rings is 1. The van der Waals surface area contributed by atoms with Gasteiger partial charge in [0.05, 0.1) is 10.6 Å². The van der Waals surface area contributed by atoms with Crippen molar-refractivity contribution in [2.75, 3.05) is 5.75 Å². The molecule has 0 fully saturated rings. The fourth-order valence-electron chi connectivity index (χ4n) is 3.04. The average Bonchev–Trinajstić information content (AvgIpc) is 3.20. The van der Waals surface area contributed by atoms with Gasteiger partial charge in [0.25, 0.3) is 0 Å². The number of fused-ring (bicyclic) bond motifs is 1. The molecule has 0 bridgehead atoms. The minimum atomic E-state index is -0.309. The summed E-state index contributed by atoms with van der Waals surface area (Å²) in [4.78, 5) is 25.1. The first-order valence-corrected chi connectivity index (χ1v) is 10.5. The van der Waals surface area contributed by atoms with Crippen molar-refractivity contribution < 1.29 is 9.59 Å². The van der Waals surface area contributed by atoms with Crippen molar-refractivity contribution in [1.29, 1.82) is 0 Å². The minimum absolute atomic E-state index is 0.158. The van der Waals surface area contributed by atoms with Gasteiger partial charge in [-0.1, -0.05) is 25.1 Å². The lowest BCUT2D eigenvalue weighted by molar-refractivity contribution is -0.126. The highest BCUT2D eigenvalue weighted by molar-refractivity contribution is 7.99. The zero-order valence-corrected chi connectivity index (χ0v) is 16.8. The number of carbonyl (C=O) groups excluding carboxylic acids is 2. The molecule has 0 radical (unpaired) electrons. The van der Waals surface area contributed by atoms with Gasteiger partial charge in [-0.25, -0.2) is 0 Å². The third kappa shape index (κ3) is 4.27. The van der Waals surface area contributed by atoms with Crippen LogP contribution in [0.2, 0.25) is 0 Å². The monoisotopic (exact) mass is 393 g/mol. The molecule has 7 nitrogen and oxygen atoms in total. The Hall–Kier alpha value is -1.87. The van der Waals surface area contributed by atoms with E-state index in [0.717, 1.165) is 29.5 Å². The Labute approximate surface area is 160 Å². The Morgan fingerprint density at radius 1 is 1.38 bits per heavy atom. The summed E-state index contributed by atoms with van der Waals surface area (Å²) in [6.45, 7) is 3.60. The summed E-state index contributed by atoms with van der Waals surface area (Å²) < 4.78 is 1.92. The third-order valence-electron chi connectivity index (χ3n) is 4.53. The summed E-state index contributed by atoms with van der Waals surface area (Å²) in [6.07, 6.45) is 4.81. The summed E-state index contributed by atoms with van der Waals surface area (Å²) in [6, 6.07) is 2.25. The Morgan fingerprint density at radius 3 is 2.92 bits per heavy atom. The molecule has 9 heteroatoms. The SMILES string of the molecule is CC[C@H]1CCc2sc(-c3nnc(SCC(=O)NNC(C)=O)n3C)cc2C1. The lowest BCUT2D eigenvalue weighted by atomic mass is 9.87. The number of aromatic nitrogens is 3. The molecule has 1 aliphatic rings. The number of amides is 2. The van der Waals surface area contributed by atoms with E-state index in [1.54, 1.807) is 11.3 Å². The summed E-state index contributed by atoms with van der Waals surface area (Å²) >= 11 is 3.10. The Morgan fingerprint density at radius 2 is 2.19 bits per heavy atom. The van der Waals surface area contributed by atoms with E-state index in [2.05, 4.69) is 34.0 Å². The van der Waals surface area contributed by atoms with Crippen LogP contribution in [-0.4, -0.2) is 32.3 Å². The number of hydrazine groups is 1. The van der Waals surface area contributed by atoms with Gasteiger partial charge in [-0.15, -0.1) is 21.5 Å². The van der Waals surface area contributed by atoms with Crippen LogP contribution in [0.5, 0.6) is 0 Å². The van der Waals surface area contributed by atoms with Gasteiger partial charge in [0.1, 0.15) is 0 Å². The van der Waals surface area contributed by atoms with Crippen molar-refractivity contribution >= 4 is 34.9 Å². The highest BCUT2D eigenvalue weighted by Crippen LogP contribution is 2.37. The van der Waals surface area contributed by atoms with E-state index in [-0.39, 0.29) is 17.6 Å². The van der Waals surface area contributed by atoms with Gasteiger partial charge in [-0.3, -0.25) is 20.4 Å². The van der Waals surface area contributed by atoms with Crippen LogP contribution in [-0.2, 0) is 29.5 Å². The molecule has 0 saturated carbocycles. The number of nitrogens with zero attached hydrogens (tertiary/aromatic N) is 3. The van der Waals surface area contributed by atoms with E-state index in [9.17, 15) is 9.59 Å². The normalized spacial score (nSPS) is 16.2. The second-order valence-corrected chi connectivity index (χ2v) is 8.54. The van der Waals surface area contributed by atoms with E-state index in [1.165, 1.54) is 42.0 Å². The summed E-state index contributed by atoms with van der Waals surface area (Å²) in [5, 5.41) is 9.21. The van der Waals surface area contributed by atoms with E-state index in [4.69, 9.17) is 0 Å². The predicted molar refractivity (Wildman–Crippen MR) is 103 cm³/mol. The van der Waals surface area contributed by atoms with Crippen LogP contribution in [0.3, 0.4) is 0 Å². The third-order valence-corrected chi connectivity index (χ3v) is 6.78. The zero-order chi connectivity index (χ0) is 18.7. The standard InChI is InChI=1S/C17H23N5O2S2/c1-4-11-5-6-13-12(7-11)8-14(26-13)16-20-21-17(22(16)3)25-9-15(24)19-18-10(2)23/h8,11H,4-7,9H2,1-3H3,(H,18,23)(H,19,24)/t11-/m0/s1. The van der Waals surface area contributed by atoms with Gasteiger partial charge in [-0.05, 0) is 36.8 Å². The van der Waals surface area contributed by atoms with Gasteiger partial charge in [0, 0.05) is 18.8 Å². The molecule has 0 saturated heterocycles. The second kappa shape index (κ2) is 8.22. The van der Waals surface area contributed by atoms with Crippen LogP contribution >= 0.6 is 23.1 Å². The highest BCUT2D eigenvalue weighted by Gasteiger charge is 2.22. The van der Waals surface area contributed by atoms with E-state index >= 15 is 0 Å². The summed E-state index contributed by atoms with van der Waals surface area (Å²) in [5.41, 5.74) is 6.06. The molecule has 2 aromatic rings. The van der Waals surface area contributed by atoms with Crippen molar-refractivity contribution in [3.05, 3.63) is 16.5 Å². The smallest absolute Gasteiger partial charge is 0.248 e. The molecule has 0 spiro atoms. The molecular weight excluding hydrogens is 370 g/mol. The number of thioether (sulfide) groups is 1. The number of hydrogen-bond acceptors (Lipinski definition) is 6. The lowest BCUT2D eigenvalue weighted by Crippen LogP contribution is -2.41. The summed E-state index contributed by atoms with van der Waals surface area (Å²) in [5.74, 6) is 1.19. The van der Waals surface area contributed by atoms with Crippen LogP contribution in [0.25, 0.3) is 10.7 Å². The Kier molecular flexibility index (Phi) is 5.98. The first kappa shape index (κ1) is 18.9. The van der Waals surface area contributed by atoms with Crippen LogP contribution < -0.4 is 10.9 Å². The van der Waals surface area contributed by atoms with E-state index < -0.39 is 0 Å². The maximum Gasteiger partial charge on any atom is 0.248 e.